The van der Waals surface area contributed by atoms with Gasteiger partial charge in [0.1, 0.15) is 17.1 Å². The molecule has 1 aromatic rings. The summed E-state index contributed by atoms with van der Waals surface area (Å²) in [4.78, 5) is 25.7. The summed E-state index contributed by atoms with van der Waals surface area (Å²) in [5, 5.41) is 0. The van der Waals surface area contributed by atoms with Gasteiger partial charge >= 0.3 is 5.97 Å². The molecule has 0 unspecified atom stereocenters. The normalized spacial score (nSPS) is 11.4. The molecule has 0 amide bonds. The number of hydrogen-bond acceptors (Lipinski definition) is 6. The Morgan fingerprint density at radius 3 is 2.52 bits per heavy atom. The van der Waals surface area contributed by atoms with Gasteiger partial charge in [-0.3, -0.25) is 4.79 Å². The third-order valence-electron chi connectivity index (χ3n) is 3.40. The van der Waals surface area contributed by atoms with Crippen molar-refractivity contribution in [1.29, 1.82) is 0 Å². The van der Waals surface area contributed by atoms with Gasteiger partial charge in [0.25, 0.3) is 0 Å². The zero-order chi connectivity index (χ0) is 18.8. The summed E-state index contributed by atoms with van der Waals surface area (Å²) >= 11 is 0. The van der Waals surface area contributed by atoms with Gasteiger partial charge in [0.15, 0.2) is 5.78 Å². The molecular formula is C19H27NO5. The number of ether oxygens (including phenoxy) is 3. The van der Waals surface area contributed by atoms with E-state index in [1.807, 2.05) is 14.1 Å². The molecule has 6 heteroatoms. The van der Waals surface area contributed by atoms with Crippen molar-refractivity contribution in [3.63, 3.8) is 0 Å². The van der Waals surface area contributed by atoms with Crippen molar-refractivity contribution in [1.82, 2.24) is 4.90 Å². The summed E-state index contributed by atoms with van der Waals surface area (Å²) in [5.41, 5.74) is 0.598. The number of benzene rings is 1. The van der Waals surface area contributed by atoms with Crippen LogP contribution in [0.25, 0.3) is 6.08 Å². The van der Waals surface area contributed by atoms with Crippen LogP contribution in [-0.2, 0) is 14.3 Å². The first-order valence-corrected chi connectivity index (χ1v) is 8.24. The number of carbonyl (C=O) groups is 2. The zero-order valence-electron chi connectivity index (χ0n) is 15.6. The standard InChI is InChI=1S/C19H27NO5/c1-6-24-19(22)17(14(2)21)12-15-8-9-16(13-18(15)23-5)25-11-7-10-20(3)4/h8-9,12-13H,6-7,10-11H2,1-5H3. The van der Waals surface area contributed by atoms with Gasteiger partial charge < -0.3 is 19.1 Å². The lowest BCUT2D eigenvalue weighted by Crippen LogP contribution is -2.15. The van der Waals surface area contributed by atoms with Gasteiger partial charge in [-0.2, -0.15) is 0 Å². The first kappa shape index (κ1) is 20.7. The smallest absolute Gasteiger partial charge is 0.341 e. The number of ketones is 1. The van der Waals surface area contributed by atoms with Crippen LogP contribution in [-0.4, -0.2) is 57.6 Å². The van der Waals surface area contributed by atoms with E-state index in [2.05, 4.69) is 4.90 Å². The summed E-state index contributed by atoms with van der Waals surface area (Å²) in [7, 11) is 5.56. The van der Waals surface area contributed by atoms with E-state index in [1.165, 1.54) is 20.1 Å². The Bertz CT molecular complexity index is 622. The fourth-order valence-electron chi connectivity index (χ4n) is 2.14. The van der Waals surface area contributed by atoms with Gasteiger partial charge in [-0.25, -0.2) is 4.79 Å². The second kappa shape index (κ2) is 10.5. The molecule has 0 atom stereocenters. The number of rotatable bonds is 10. The lowest BCUT2D eigenvalue weighted by atomic mass is 10.1. The molecule has 25 heavy (non-hydrogen) atoms. The number of carbonyl (C=O) groups excluding carboxylic acids is 2. The number of nitrogens with zero attached hydrogens (tertiary/aromatic N) is 1. The van der Waals surface area contributed by atoms with E-state index >= 15 is 0 Å². The minimum atomic E-state index is -0.638. The molecular weight excluding hydrogens is 322 g/mol. The molecule has 1 aromatic carbocycles. The van der Waals surface area contributed by atoms with Crippen LogP contribution in [0.15, 0.2) is 23.8 Å². The number of Topliss-reactive ketones (excluding diaryl/α,β-unsaturated/α-hetero) is 1. The Balaban J connectivity index is 2.94. The topological polar surface area (TPSA) is 65.1 Å². The zero-order valence-corrected chi connectivity index (χ0v) is 15.6. The Morgan fingerprint density at radius 1 is 1.24 bits per heavy atom. The molecule has 138 valence electrons. The van der Waals surface area contributed by atoms with Crippen molar-refractivity contribution in [2.75, 3.05) is 41.0 Å². The van der Waals surface area contributed by atoms with Crippen LogP contribution in [0.3, 0.4) is 0 Å². The summed E-state index contributed by atoms with van der Waals surface area (Å²) in [6.45, 7) is 4.77. The molecule has 0 fully saturated rings. The number of hydrogen-bond donors (Lipinski definition) is 0. The van der Waals surface area contributed by atoms with Crippen molar-refractivity contribution in [2.24, 2.45) is 0 Å². The summed E-state index contributed by atoms with van der Waals surface area (Å²) in [5.74, 6) is 0.201. The van der Waals surface area contributed by atoms with Gasteiger partial charge in [-0.1, -0.05) is 0 Å². The summed E-state index contributed by atoms with van der Waals surface area (Å²) in [6, 6.07) is 5.28. The van der Waals surface area contributed by atoms with Gasteiger partial charge in [0.05, 0.1) is 20.3 Å². The van der Waals surface area contributed by atoms with Crippen LogP contribution in [0.5, 0.6) is 11.5 Å². The van der Waals surface area contributed by atoms with Gasteiger partial charge in [-0.15, -0.1) is 0 Å². The third kappa shape index (κ3) is 6.97. The van der Waals surface area contributed by atoms with E-state index in [1.54, 1.807) is 25.1 Å². The van der Waals surface area contributed by atoms with E-state index in [-0.39, 0.29) is 18.0 Å². The molecule has 0 aliphatic rings. The highest BCUT2D eigenvalue weighted by molar-refractivity contribution is 6.19. The predicted molar refractivity (Wildman–Crippen MR) is 97.0 cm³/mol. The largest absolute Gasteiger partial charge is 0.496 e. The molecule has 0 bridgehead atoms. The SMILES string of the molecule is CCOC(=O)C(=Cc1ccc(OCCCN(C)C)cc1OC)C(C)=O. The van der Waals surface area contributed by atoms with Crippen molar-refractivity contribution >= 4 is 17.8 Å². The van der Waals surface area contributed by atoms with E-state index < -0.39 is 5.97 Å². The van der Waals surface area contributed by atoms with Crippen LogP contribution in [0.2, 0.25) is 0 Å². The van der Waals surface area contributed by atoms with Crippen molar-refractivity contribution < 1.29 is 23.8 Å². The van der Waals surface area contributed by atoms with Crippen LogP contribution < -0.4 is 9.47 Å². The molecule has 0 N–H and O–H groups in total. The quantitative estimate of drug-likeness (QED) is 0.213. The maximum Gasteiger partial charge on any atom is 0.341 e. The molecule has 0 aliphatic carbocycles. The lowest BCUT2D eigenvalue weighted by molar-refractivity contribution is -0.139. The van der Waals surface area contributed by atoms with Crippen molar-refractivity contribution in [2.45, 2.75) is 20.3 Å². The minimum absolute atomic E-state index is 0.0141. The molecule has 0 aliphatic heterocycles. The summed E-state index contributed by atoms with van der Waals surface area (Å²) in [6.07, 6.45) is 2.39. The fraction of sp³-hybridized carbons (Fsp3) is 0.474. The van der Waals surface area contributed by atoms with Gasteiger partial charge in [-0.05, 0) is 52.6 Å². The fourth-order valence-corrected chi connectivity index (χ4v) is 2.14. The maximum absolute atomic E-state index is 11.9. The average Bonchev–Trinajstić information content (AvgIpc) is 2.56. The molecule has 1 rings (SSSR count). The van der Waals surface area contributed by atoms with Gasteiger partial charge in [0, 0.05) is 18.2 Å². The predicted octanol–water partition coefficient (Wildman–Crippen LogP) is 2.56. The first-order valence-electron chi connectivity index (χ1n) is 8.24. The van der Waals surface area contributed by atoms with Crippen molar-refractivity contribution in [3.05, 3.63) is 29.3 Å². The Morgan fingerprint density at radius 2 is 1.96 bits per heavy atom. The highest BCUT2D eigenvalue weighted by atomic mass is 16.5. The second-order valence-corrected chi connectivity index (χ2v) is 5.74. The van der Waals surface area contributed by atoms with E-state index in [9.17, 15) is 9.59 Å². The number of esters is 1. The van der Waals surface area contributed by atoms with Crippen LogP contribution in [0, 0.1) is 0 Å². The lowest BCUT2D eigenvalue weighted by Gasteiger charge is -2.12. The molecule has 6 nitrogen and oxygen atoms in total. The van der Waals surface area contributed by atoms with E-state index in [0.29, 0.717) is 23.7 Å². The Labute approximate surface area is 149 Å². The molecule has 0 aromatic heterocycles. The van der Waals surface area contributed by atoms with Crippen LogP contribution in [0.4, 0.5) is 0 Å². The van der Waals surface area contributed by atoms with Crippen LogP contribution >= 0.6 is 0 Å². The molecule has 0 saturated carbocycles. The molecule has 0 radical (unpaired) electrons. The molecule has 0 heterocycles. The van der Waals surface area contributed by atoms with Crippen LogP contribution in [0.1, 0.15) is 25.8 Å². The Kier molecular flexibility index (Phi) is 8.70. The Hall–Kier alpha value is -2.34. The highest BCUT2D eigenvalue weighted by Crippen LogP contribution is 2.27. The maximum atomic E-state index is 11.9. The van der Waals surface area contributed by atoms with Gasteiger partial charge in [0.2, 0.25) is 0 Å². The monoisotopic (exact) mass is 349 g/mol. The molecule has 0 saturated heterocycles. The van der Waals surface area contributed by atoms with Crippen molar-refractivity contribution in [3.8, 4) is 11.5 Å². The van der Waals surface area contributed by atoms with E-state index in [4.69, 9.17) is 14.2 Å². The highest BCUT2D eigenvalue weighted by Gasteiger charge is 2.17. The second-order valence-electron chi connectivity index (χ2n) is 5.74. The average molecular weight is 349 g/mol. The summed E-state index contributed by atoms with van der Waals surface area (Å²) < 4.78 is 16.0. The first-order chi connectivity index (χ1) is 11.9. The third-order valence-corrected chi connectivity index (χ3v) is 3.40. The van der Waals surface area contributed by atoms with E-state index in [0.717, 1.165) is 13.0 Å². The number of methoxy groups -OCH3 is 1. The molecule has 0 spiro atoms. The minimum Gasteiger partial charge on any atom is -0.496 e.